The van der Waals surface area contributed by atoms with E-state index in [0.29, 0.717) is 25.3 Å². The first-order chi connectivity index (χ1) is 12.2. The Morgan fingerprint density at radius 2 is 1.72 bits per heavy atom. The summed E-state index contributed by atoms with van der Waals surface area (Å²) in [6, 6.07) is 15.0. The summed E-state index contributed by atoms with van der Waals surface area (Å²) in [6.07, 6.45) is 0. The van der Waals surface area contributed by atoms with Gasteiger partial charge in [-0.15, -0.1) is 0 Å². The first-order valence-corrected chi connectivity index (χ1v) is 8.22. The molecule has 6 heteroatoms. The van der Waals surface area contributed by atoms with Crippen LogP contribution >= 0.6 is 0 Å². The van der Waals surface area contributed by atoms with Crippen molar-refractivity contribution >= 4 is 17.3 Å². The zero-order chi connectivity index (χ0) is 17.9. The minimum atomic E-state index is -0.106. The van der Waals surface area contributed by atoms with Crippen LogP contribution in [0.1, 0.15) is 10.4 Å². The fourth-order valence-corrected chi connectivity index (χ4v) is 2.28. The van der Waals surface area contributed by atoms with Crippen LogP contribution in [0.25, 0.3) is 0 Å². The van der Waals surface area contributed by atoms with Crippen LogP contribution in [0.15, 0.2) is 48.5 Å². The average molecular weight is 343 g/mol. The first-order valence-electron chi connectivity index (χ1n) is 8.22. The molecule has 0 aromatic heterocycles. The van der Waals surface area contributed by atoms with Gasteiger partial charge in [-0.2, -0.15) is 0 Å². The molecule has 0 fully saturated rings. The predicted molar refractivity (Wildman–Crippen MR) is 99.8 cm³/mol. The third kappa shape index (κ3) is 6.10. The second-order valence-electron chi connectivity index (χ2n) is 5.40. The summed E-state index contributed by atoms with van der Waals surface area (Å²) in [5, 5.41) is 9.38. The Kier molecular flexibility index (Phi) is 7.75. The summed E-state index contributed by atoms with van der Waals surface area (Å²) in [4.78, 5) is 12.4. The number of methoxy groups -OCH3 is 2. The standard InChI is InChI=1S/C19H25N3O3/c1-24-14-13-20-11-12-21-19(23)17-5-3-4-6-18(17)22-15-7-9-16(25-2)10-8-15/h3-10,20,22H,11-14H2,1-2H3,(H,21,23). The van der Waals surface area contributed by atoms with Gasteiger partial charge in [0, 0.05) is 32.4 Å². The Morgan fingerprint density at radius 3 is 2.44 bits per heavy atom. The van der Waals surface area contributed by atoms with Crippen molar-refractivity contribution in [2.24, 2.45) is 0 Å². The van der Waals surface area contributed by atoms with Gasteiger partial charge in [0.05, 0.1) is 25.0 Å². The van der Waals surface area contributed by atoms with Crippen LogP contribution in [0.4, 0.5) is 11.4 Å². The summed E-state index contributed by atoms with van der Waals surface area (Å²) in [7, 11) is 3.29. The number of carbonyl (C=O) groups excluding carboxylic acids is 1. The number of nitrogens with one attached hydrogen (secondary N) is 3. The molecule has 0 aliphatic rings. The van der Waals surface area contributed by atoms with Crippen LogP contribution < -0.4 is 20.7 Å². The van der Waals surface area contributed by atoms with Gasteiger partial charge in [0.2, 0.25) is 0 Å². The fourth-order valence-electron chi connectivity index (χ4n) is 2.28. The first kappa shape index (κ1) is 18.8. The van der Waals surface area contributed by atoms with E-state index < -0.39 is 0 Å². The molecule has 6 nitrogen and oxygen atoms in total. The van der Waals surface area contributed by atoms with Crippen molar-refractivity contribution in [3.8, 4) is 5.75 Å². The average Bonchev–Trinajstić information content (AvgIpc) is 2.65. The van der Waals surface area contributed by atoms with Gasteiger partial charge in [-0.05, 0) is 36.4 Å². The Hall–Kier alpha value is -2.57. The fraction of sp³-hybridized carbons (Fsp3) is 0.316. The normalized spacial score (nSPS) is 10.3. The molecule has 0 radical (unpaired) electrons. The minimum absolute atomic E-state index is 0.106. The van der Waals surface area contributed by atoms with Gasteiger partial charge in [0.25, 0.3) is 5.91 Å². The molecular weight excluding hydrogens is 318 g/mol. The molecule has 0 spiro atoms. The van der Waals surface area contributed by atoms with E-state index in [1.807, 2.05) is 42.5 Å². The number of ether oxygens (including phenoxy) is 2. The highest BCUT2D eigenvalue weighted by Gasteiger charge is 2.10. The largest absolute Gasteiger partial charge is 0.497 e. The van der Waals surface area contributed by atoms with E-state index >= 15 is 0 Å². The number of benzene rings is 2. The lowest BCUT2D eigenvalue weighted by Crippen LogP contribution is -2.33. The molecular formula is C19H25N3O3. The highest BCUT2D eigenvalue weighted by Crippen LogP contribution is 2.22. The van der Waals surface area contributed by atoms with Crippen molar-refractivity contribution in [3.05, 3.63) is 54.1 Å². The third-order valence-electron chi connectivity index (χ3n) is 3.61. The zero-order valence-corrected chi connectivity index (χ0v) is 14.7. The zero-order valence-electron chi connectivity index (χ0n) is 14.7. The van der Waals surface area contributed by atoms with Gasteiger partial charge in [-0.25, -0.2) is 0 Å². The third-order valence-corrected chi connectivity index (χ3v) is 3.61. The molecule has 0 atom stereocenters. The maximum absolute atomic E-state index is 12.4. The summed E-state index contributed by atoms with van der Waals surface area (Å²) in [5.74, 6) is 0.683. The summed E-state index contributed by atoms with van der Waals surface area (Å²) in [6.45, 7) is 2.67. The Morgan fingerprint density at radius 1 is 0.960 bits per heavy atom. The molecule has 0 aliphatic heterocycles. The predicted octanol–water partition coefficient (Wildman–Crippen LogP) is 2.40. The van der Waals surface area contributed by atoms with Crippen molar-refractivity contribution in [2.45, 2.75) is 0 Å². The molecule has 0 aliphatic carbocycles. The molecule has 25 heavy (non-hydrogen) atoms. The monoisotopic (exact) mass is 343 g/mol. The van der Waals surface area contributed by atoms with Gasteiger partial charge in [0.15, 0.2) is 0 Å². The minimum Gasteiger partial charge on any atom is -0.497 e. The molecule has 0 saturated carbocycles. The molecule has 0 heterocycles. The molecule has 0 bridgehead atoms. The van der Waals surface area contributed by atoms with E-state index in [0.717, 1.165) is 23.7 Å². The van der Waals surface area contributed by atoms with Crippen LogP contribution in [0.2, 0.25) is 0 Å². The topological polar surface area (TPSA) is 71.6 Å². The van der Waals surface area contributed by atoms with Crippen molar-refractivity contribution in [1.82, 2.24) is 10.6 Å². The number of para-hydroxylation sites is 1. The van der Waals surface area contributed by atoms with Gasteiger partial charge >= 0.3 is 0 Å². The van der Waals surface area contributed by atoms with Gasteiger partial charge < -0.3 is 25.4 Å². The number of hydrogen-bond donors (Lipinski definition) is 3. The Labute approximate surface area is 148 Å². The molecule has 134 valence electrons. The van der Waals surface area contributed by atoms with Gasteiger partial charge in [-0.3, -0.25) is 4.79 Å². The molecule has 2 rings (SSSR count). The SMILES string of the molecule is COCCNCCNC(=O)c1ccccc1Nc1ccc(OC)cc1. The van der Waals surface area contributed by atoms with E-state index in [2.05, 4.69) is 16.0 Å². The molecule has 0 unspecified atom stereocenters. The second kappa shape index (κ2) is 10.3. The van der Waals surface area contributed by atoms with E-state index in [4.69, 9.17) is 9.47 Å². The quantitative estimate of drug-likeness (QED) is 0.578. The summed E-state index contributed by atoms with van der Waals surface area (Å²) >= 11 is 0. The maximum atomic E-state index is 12.4. The number of carbonyl (C=O) groups is 1. The molecule has 3 N–H and O–H groups in total. The lowest BCUT2D eigenvalue weighted by atomic mass is 10.1. The number of anilines is 2. The smallest absolute Gasteiger partial charge is 0.253 e. The van der Waals surface area contributed by atoms with E-state index in [9.17, 15) is 4.79 Å². The van der Waals surface area contributed by atoms with Crippen LogP contribution in [0, 0.1) is 0 Å². The highest BCUT2D eigenvalue weighted by molar-refractivity contribution is 6.00. The van der Waals surface area contributed by atoms with E-state index in [1.165, 1.54) is 0 Å². The van der Waals surface area contributed by atoms with E-state index in [1.54, 1.807) is 20.3 Å². The highest BCUT2D eigenvalue weighted by atomic mass is 16.5. The molecule has 2 aromatic carbocycles. The lowest BCUT2D eigenvalue weighted by molar-refractivity contribution is 0.0954. The van der Waals surface area contributed by atoms with Crippen LogP contribution in [-0.2, 0) is 4.74 Å². The number of hydrogen-bond acceptors (Lipinski definition) is 5. The van der Waals surface area contributed by atoms with Crippen molar-refractivity contribution in [3.63, 3.8) is 0 Å². The van der Waals surface area contributed by atoms with Crippen molar-refractivity contribution in [2.75, 3.05) is 45.8 Å². The van der Waals surface area contributed by atoms with Crippen molar-refractivity contribution in [1.29, 1.82) is 0 Å². The Balaban J connectivity index is 1.93. The summed E-state index contributed by atoms with van der Waals surface area (Å²) < 4.78 is 10.1. The van der Waals surface area contributed by atoms with Crippen LogP contribution in [0.5, 0.6) is 5.75 Å². The van der Waals surface area contributed by atoms with Crippen LogP contribution in [-0.4, -0.2) is 46.4 Å². The van der Waals surface area contributed by atoms with Crippen molar-refractivity contribution < 1.29 is 14.3 Å². The molecule has 2 aromatic rings. The van der Waals surface area contributed by atoms with Crippen LogP contribution in [0.3, 0.4) is 0 Å². The van der Waals surface area contributed by atoms with Gasteiger partial charge in [-0.1, -0.05) is 12.1 Å². The summed E-state index contributed by atoms with van der Waals surface area (Å²) in [5.41, 5.74) is 2.26. The maximum Gasteiger partial charge on any atom is 0.253 e. The molecule has 0 saturated heterocycles. The molecule has 1 amide bonds. The van der Waals surface area contributed by atoms with Gasteiger partial charge in [0.1, 0.15) is 5.75 Å². The number of rotatable bonds is 10. The van der Waals surface area contributed by atoms with E-state index in [-0.39, 0.29) is 5.91 Å². The lowest BCUT2D eigenvalue weighted by Gasteiger charge is -2.13. The second-order valence-corrected chi connectivity index (χ2v) is 5.40. The Bertz CT molecular complexity index is 659. The number of amides is 1.